The number of pyridine rings is 1. The van der Waals surface area contributed by atoms with Crippen LogP contribution >= 0.6 is 0 Å². The van der Waals surface area contributed by atoms with Crippen molar-refractivity contribution in [3.8, 4) is 0 Å². The molecule has 1 aromatic rings. The molecule has 0 saturated carbocycles. The van der Waals surface area contributed by atoms with Crippen LogP contribution < -0.4 is 0 Å². The lowest BCUT2D eigenvalue weighted by molar-refractivity contribution is -0.386. The largest absolute Gasteiger partial charge is 0.393 e. The summed E-state index contributed by atoms with van der Waals surface area (Å²) in [6.45, 7) is 3.53. The lowest BCUT2D eigenvalue weighted by Gasteiger charge is -2.17. The summed E-state index contributed by atoms with van der Waals surface area (Å²) in [6, 6.07) is 1.60. The first-order valence-corrected chi connectivity index (χ1v) is 4.84. The van der Waals surface area contributed by atoms with E-state index < -0.39 is 11.0 Å². The van der Waals surface area contributed by atoms with E-state index in [0.717, 1.165) is 0 Å². The van der Waals surface area contributed by atoms with E-state index in [1.807, 2.05) is 6.92 Å². The molecule has 5 heteroatoms. The Morgan fingerprint density at radius 2 is 2.33 bits per heavy atom. The molecule has 15 heavy (non-hydrogen) atoms. The van der Waals surface area contributed by atoms with E-state index in [1.54, 1.807) is 13.0 Å². The van der Waals surface area contributed by atoms with Gasteiger partial charge in [-0.3, -0.25) is 15.1 Å². The van der Waals surface area contributed by atoms with Gasteiger partial charge in [-0.15, -0.1) is 0 Å². The fourth-order valence-corrected chi connectivity index (χ4v) is 1.68. The second-order valence-electron chi connectivity index (χ2n) is 3.45. The van der Waals surface area contributed by atoms with Gasteiger partial charge in [0.1, 0.15) is 6.20 Å². The highest BCUT2D eigenvalue weighted by Crippen LogP contribution is 2.30. The maximum atomic E-state index is 10.7. The number of rotatable bonds is 4. The summed E-state index contributed by atoms with van der Waals surface area (Å²) < 4.78 is 0. The Hall–Kier alpha value is -1.49. The number of nitrogens with zero attached hydrogens (tertiary/aromatic N) is 2. The summed E-state index contributed by atoms with van der Waals surface area (Å²) in [5.74, 6) is -0.214. The van der Waals surface area contributed by atoms with Gasteiger partial charge in [-0.25, -0.2) is 0 Å². The lowest BCUT2D eigenvalue weighted by Crippen LogP contribution is -2.15. The summed E-state index contributed by atoms with van der Waals surface area (Å²) in [5, 5.41) is 20.3. The molecule has 0 saturated heterocycles. The zero-order valence-electron chi connectivity index (χ0n) is 8.75. The van der Waals surface area contributed by atoms with E-state index >= 15 is 0 Å². The monoisotopic (exact) mass is 210 g/mol. The van der Waals surface area contributed by atoms with Crippen LogP contribution in [0.5, 0.6) is 0 Å². The second-order valence-corrected chi connectivity index (χ2v) is 3.45. The summed E-state index contributed by atoms with van der Waals surface area (Å²) in [4.78, 5) is 14.0. The molecule has 0 fully saturated rings. The third-order valence-electron chi connectivity index (χ3n) is 2.45. The van der Waals surface area contributed by atoms with Crippen LogP contribution in [0, 0.1) is 10.1 Å². The zero-order valence-corrected chi connectivity index (χ0v) is 8.75. The van der Waals surface area contributed by atoms with Crippen LogP contribution in [-0.2, 0) is 0 Å². The van der Waals surface area contributed by atoms with Crippen molar-refractivity contribution in [3.05, 3.63) is 34.1 Å². The smallest absolute Gasteiger partial charge is 0.291 e. The summed E-state index contributed by atoms with van der Waals surface area (Å²) in [7, 11) is 0. The topological polar surface area (TPSA) is 76.3 Å². The quantitative estimate of drug-likeness (QED) is 0.608. The van der Waals surface area contributed by atoms with E-state index in [-0.39, 0.29) is 11.6 Å². The molecular formula is C10H14N2O3. The predicted molar refractivity (Wildman–Crippen MR) is 55.6 cm³/mol. The zero-order chi connectivity index (χ0) is 11.4. The first-order valence-electron chi connectivity index (χ1n) is 4.84. The van der Waals surface area contributed by atoms with Gasteiger partial charge in [-0.2, -0.15) is 0 Å². The number of aromatic nitrogens is 1. The molecule has 0 bridgehead atoms. The maximum absolute atomic E-state index is 10.7. The highest BCUT2D eigenvalue weighted by atomic mass is 16.6. The molecule has 0 aromatic carbocycles. The van der Waals surface area contributed by atoms with Gasteiger partial charge in [-0.05, 0) is 19.4 Å². The van der Waals surface area contributed by atoms with Gasteiger partial charge in [0.25, 0.3) is 5.69 Å². The molecule has 1 heterocycles. The molecule has 1 rings (SSSR count). The predicted octanol–water partition coefficient (Wildman–Crippen LogP) is 1.86. The number of hydrogen-bond donors (Lipinski definition) is 1. The average Bonchev–Trinajstić information content (AvgIpc) is 2.18. The van der Waals surface area contributed by atoms with Crippen molar-refractivity contribution in [3.63, 3.8) is 0 Å². The molecule has 1 N–H and O–H groups in total. The summed E-state index contributed by atoms with van der Waals surface area (Å²) in [6.07, 6.45) is 2.78. The summed E-state index contributed by atoms with van der Waals surface area (Å²) in [5.41, 5.74) is 0.526. The van der Waals surface area contributed by atoms with Crippen molar-refractivity contribution in [2.75, 3.05) is 0 Å². The summed E-state index contributed by atoms with van der Waals surface area (Å²) >= 11 is 0. The van der Waals surface area contributed by atoms with Crippen LogP contribution in [0.3, 0.4) is 0 Å². The highest BCUT2D eigenvalue weighted by Gasteiger charge is 2.24. The second kappa shape index (κ2) is 4.84. The normalized spacial score (nSPS) is 14.6. The van der Waals surface area contributed by atoms with Gasteiger partial charge in [0.05, 0.1) is 11.0 Å². The fourth-order valence-electron chi connectivity index (χ4n) is 1.68. The van der Waals surface area contributed by atoms with Crippen LogP contribution in [0.1, 0.15) is 31.7 Å². The third kappa shape index (κ3) is 2.50. The van der Waals surface area contributed by atoms with E-state index in [9.17, 15) is 15.2 Å². The van der Waals surface area contributed by atoms with Crippen molar-refractivity contribution >= 4 is 5.69 Å². The molecule has 2 unspecified atom stereocenters. The Morgan fingerprint density at radius 3 is 2.80 bits per heavy atom. The molecule has 1 aromatic heterocycles. The van der Waals surface area contributed by atoms with E-state index in [2.05, 4.69) is 4.98 Å². The molecule has 0 amide bonds. The van der Waals surface area contributed by atoms with Crippen molar-refractivity contribution in [1.29, 1.82) is 0 Å². The Morgan fingerprint density at radius 1 is 1.67 bits per heavy atom. The Kier molecular flexibility index (Phi) is 3.74. The molecule has 0 spiro atoms. The van der Waals surface area contributed by atoms with E-state index in [4.69, 9.17) is 0 Å². The number of hydrogen-bond acceptors (Lipinski definition) is 4. The molecule has 0 aliphatic heterocycles. The average molecular weight is 210 g/mol. The minimum Gasteiger partial charge on any atom is -0.393 e. The lowest BCUT2D eigenvalue weighted by atomic mass is 9.91. The van der Waals surface area contributed by atoms with E-state index in [0.29, 0.717) is 12.0 Å². The molecule has 0 radical (unpaired) electrons. The van der Waals surface area contributed by atoms with Crippen molar-refractivity contribution < 1.29 is 10.0 Å². The first kappa shape index (κ1) is 11.6. The number of aliphatic hydroxyl groups is 1. The van der Waals surface area contributed by atoms with Gasteiger partial charge in [0.2, 0.25) is 0 Å². The molecule has 2 atom stereocenters. The number of aliphatic hydroxyl groups excluding tert-OH is 1. The van der Waals surface area contributed by atoms with Gasteiger partial charge in [0.15, 0.2) is 0 Å². The molecule has 5 nitrogen and oxygen atoms in total. The van der Waals surface area contributed by atoms with Crippen molar-refractivity contribution in [1.82, 2.24) is 4.98 Å². The van der Waals surface area contributed by atoms with E-state index in [1.165, 1.54) is 12.4 Å². The molecule has 82 valence electrons. The minimum absolute atomic E-state index is 0.0229. The molecule has 0 aliphatic carbocycles. The Balaban J connectivity index is 3.16. The van der Waals surface area contributed by atoms with Crippen LogP contribution in [0.4, 0.5) is 5.69 Å². The number of nitro groups is 1. The van der Waals surface area contributed by atoms with Crippen LogP contribution in [-0.4, -0.2) is 21.1 Å². The van der Waals surface area contributed by atoms with Gasteiger partial charge >= 0.3 is 0 Å². The molecular weight excluding hydrogens is 196 g/mol. The van der Waals surface area contributed by atoms with Crippen LogP contribution in [0.25, 0.3) is 0 Å². The SMILES string of the molecule is CCC(c1ccncc1[N+](=O)[O-])C(C)O. The van der Waals surface area contributed by atoms with Crippen LogP contribution in [0.2, 0.25) is 0 Å². The Labute approximate surface area is 87.9 Å². The molecule has 0 aliphatic rings. The standard InChI is InChI=1S/C10H14N2O3/c1-3-8(7(2)13)9-4-5-11-6-10(9)12(14)15/h4-8,13H,3H2,1-2H3. The Bertz CT molecular complexity index is 352. The van der Waals surface area contributed by atoms with Crippen molar-refractivity contribution in [2.24, 2.45) is 0 Å². The first-order chi connectivity index (χ1) is 7.07. The van der Waals surface area contributed by atoms with Crippen molar-refractivity contribution in [2.45, 2.75) is 32.3 Å². The third-order valence-corrected chi connectivity index (χ3v) is 2.45. The van der Waals surface area contributed by atoms with Gasteiger partial charge in [0, 0.05) is 17.7 Å². The minimum atomic E-state index is -0.601. The highest BCUT2D eigenvalue weighted by molar-refractivity contribution is 5.40. The van der Waals surface area contributed by atoms with Gasteiger partial charge < -0.3 is 5.11 Å². The maximum Gasteiger partial charge on any atom is 0.291 e. The van der Waals surface area contributed by atoms with Crippen LogP contribution in [0.15, 0.2) is 18.5 Å². The fraction of sp³-hybridized carbons (Fsp3) is 0.500. The van der Waals surface area contributed by atoms with Gasteiger partial charge in [-0.1, -0.05) is 6.92 Å².